The first-order chi connectivity index (χ1) is 12.0. The molecule has 0 aliphatic heterocycles. The van der Waals surface area contributed by atoms with Gasteiger partial charge in [0, 0.05) is 27.4 Å². The third kappa shape index (κ3) is 4.69. The van der Waals surface area contributed by atoms with Gasteiger partial charge in [-0.1, -0.05) is 0 Å². The van der Waals surface area contributed by atoms with Crippen molar-refractivity contribution in [2.45, 2.75) is 0 Å². The Labute approximate surface area is 146 Å². The van der Waals surface area contributed by atoms with Crippen molar-refractivity contribution in [2.24, 2.45) is 5.10 Å². The number of hydrogen-bond acceptors (Lipinski definition) is 11. The average Bonchev–Trinajstić information content (AvgIpc) is 2.61. The van der Waals surface area contributed by atoms with Crippen molar-refractivity contribution in [3.05, 3.63) is 38.4 Å². The maximum absolute atomic E-state index is 12.4. The summed E-state index contributed by atoms with van der Waals surface area (Å²) in [6.45, 7) is 0. The molecule has 0 fully saturated rings. The second kappa shape index (κ2) is 8.45. The summed E-state index contributed by atoms with van der Waals surface area (Å²) in [5, 5.41) is 24.1. The van der Waals surface area contributed by atoms with Gasteiger partial charge in [-0.25, -0.2) is 0 Å². The summed E-state index contributed by atoms with van der Waals surface area (Å²) in [5.74, 6) is 0. The number of nitrogens with one attached hydrogen (secondary N) is 1. The van der Waals surface area contributed by atoms with Crippen LogP contribution in [0.15, 0.2) is 23.3 Å². The van der Waals surface area contributed by atoms with Gasteiger partial charge >= 0.3 is 20.9 Å². The van der Waals surface area contributed by atoms with Crippen LogP contribution in [0.4, 0.5) is 17.1 Å². The van der Waals surface area contributed by atoms with Crippen LogP contribution in [0.3, 0.4) is 0 Å². The van der Waals surface area contributed by atoms with Gasteiger partial charge in [0.15, 0.2) is 0 Å². The van der Waals surface area contributed by atoms with Gasteiger partial charge in [0.05, 0.1) is 15.9 Å². The molecule has 0 spiro atoms. The monoisotopic (exact) mass is 412 g/mol. The Hall–Kier alpha value is -2.21. The molecule has 0 heterocycles. The van der Waals surface area contributed by atoms with E-state index in [0.29, 0.717) is 6.07 Å². The molecule has 14 nitrogen and oxygen atoms in total. The van der Waals surface area contributed by atoms with Gasteiger partial charge in [-0.05, 0) is 6.07 Å². The topological polar surface area (TPSA) is 193 Å². The molecule has 16 heteroatoms. The van der Waals surface area contributed by atoms with E-state index >= 15 is 0 Å². The van der Waals surface area contributed by atoms with E-state index in [9.17, 15) is 34.3 Å². The lowest BCUT2D eigenvalue weighted by molar-refractivity contribution is -0.393. The minimum atomic E-state index is -4.74. The second-order valence-electron chi connectivity index (χ2n) is 4.30. The van der Waals surface area contributed by atoms with Gasteiger partial charge in [-0.15, -0.1) is 0 Å². The van der Waals surface area contributed by atoms with Crippen LogP contribution in [-0.2, 0) is 22.7 Å². The largest absolute Gasteiger partial charge is 0.389 e. The number of anilines is 1. The number of rotatable bonds is 9. The quantitative estimate of drug-likeness (QED) is 0.262. The van der Waals surface area contributed by atoms with Crippen LogP contribution >= 0.6 is 15.2 Å². The van der Waals surface area contributed by atoms with Crippen LogP contribution in [0.25, 0.3) is 0 Å². The molecule has 0 aromatic heterocycles. The summed E-state index contributed by atoms with van der Waals surface area (Å²) in [5.41, 5.74) is 0.361. The van der Waals surface area contributed by atoms with E-state index in [-0.39, 0.29) is 5.69 Å². The number of nitro benzene ring substituents is 2. The van der Waals surface area contributed by atoms with Gasteiger partial charge in [0.2, 0.25) is 0 Å². The summed E-state index contributed by atoms with van der Waals surface area (Å²) >= 11 is 0. The highest BCUT2D eigenvalue weighted by atomic mass is 31.2. The van der Waals surface area contributed by atoms with Gasteiger partial charge in [-0.3, -0.25) is 34.8 Å². The summed E-state index contributed by atoms with van der Waals surface area (Å²) in [4.78, 5) is 29.8. The number of nitro groups is 2. The molecule has 1 aromatic rings. The molecule has 0 aliphatic carbocycles. The Bertz CT molecular complexity index is 833. The van der Waals surface area contributed by atoms with Crippen molar-refractivity contribution in [2.75, 3.05) is 26.8 Å². The van der Waals surface area contributed by atoms with Crippen molar-refractivity contribution >= 4 is 37.4 Å². The molecule has 0 aliphatic rings. The molecule has 2 N–H and O–H groups in total. The Balaban J connectivity index is 3.46. The predicted octanol–water partition coefficient (Wildman–Crippen LogP) is 2.50. The van der Waals surface area contributed by atoms with Crippen molar-refractivity contribution in [1.82, 2.24) is 0 Å². The third-order valence-corrected chi connectivity index (χ3v) is 7.04. The zero-order valence-electron chi connectivity index (χ0n) is 13.6. The fourth-order valence-corrected chi connectivity index (χ4v) is 4.55. The number of hydrogen-bond donors (Lipinski definition) is 2. The van der Waals surface area contributed by atoms with Crippen LogP contribution in [0.1, 0.15) is 0 Å². The molecule has 0 saturated carbocycles. The lowest BCUT2D eigenvalue weighted by Crippen LogP contribution is -2.09. The zero-order chi connectivity index (χ0) is 20.1. The Morgan fingerprint density at radius 1 is 1.12 bits per heavy atom. The molecule has 0 radical (unpaired) electrons. The molecule has 0 saturated heterocycles. The molecule has 0 amide bonds. The molecular weight excluding hydrogens is 398 g/mol. The number of nitrogens with zero attached hydrogens (tertiary/aromatic N) is 3. The SMILES string of the molecule is COP(=O)(O)/C(=N/Nc1ccc([N+](=O)[O-])cc1[N+](=O)[O-])P(=O)(OC)OC. The summed E-state index contributed by atoms with van der Waals surface area (Å²) in [6.07, 6.45) is 0. The first kappa shape index (κ1) is 21.8. The molecule has 1 atom stereocenters. The molecule has 1 aromatic carbocycles. The van der Waals surface area contributed by atoms with E-state index in [1.54, 1.807) is 0 Å². The molecule has 144 valence electrons. The average molecular weight is 412 g/mol. The summed E-state index contributed by atoms with van der Waals surface area (Å²) in [7, 11) is -6.43. The van der Waals surface area contributed by atoms with Crippen molar-refractivity contribution in [3.63, 3.8) is 0 Å². The normalized spacial score (nSPS) is 14.5. The fourth-order valence-electron chi connectivity index (χ4n) is 1.59. The number of benzene rings is 1. The predicted molar refractivity (Wildman–Crippen MR) is 89.3 cm³/mol. The molecule has 0 bridgehead atoms. The van der Waals surface area contributed by atoms with Crippen LogP contribution in [0.5, 0.6) is 0 Å². The van der Waals surface area contributed by atoms with E-state index in [4.69, 9.17) is 0 Å². The van der Waals surface area contributed by atoms with Crippen LogP contribution < -0.4 is 5.43 Å². The lowest BCUT2D eigenvalue weighted by atomic mass is 10.2. The molecular formula is C10H14N4O10P2. The van der Waals surface area contributed by atoms with E-state index in [2.05, 4.69) is 24.1 Å². The smallest absolute Gasteiger partial charge is 0.320 e. The Morgan fingerprint density at radius 2 is 1.69 bits per heavy atom. The van der Waals surface area contributed by atoms with Crippen molar-refractivity contribution < 1.29 is 37.4 Å². The molecule has 26 heavy (non-hydrogen) atoms. The Morgan fingerprint density at radius 3 is 2.12 bits per heavy atom. The molecule has 1 rings (SSSR count). The molecule has 1 unspecified atom stereocenters. The minimum Gasteiger partial charge on any atom is -0.320 e. The summed E-state index contributed by atoms with van der Waals surface area (Å²) in [6, 6.07) is 2.53. The number of non-ortho nitro benzene ring substituents is 1. The van der Waals surface area contributed by atoms with Gasteiger partial charge in [0.1, 0.15) is 5.69 Å². The highest BCUT2D eigenvalue weighted by Crippen LogP contribution is 2.62. The maximum atomic E-state index is 12.4. The van der Waals surface area contributed by atoms with E-state index in [0.717, 1.165) is 33.5 Å². The number of hydrazone groups is 1. The zero-order valence-corrected chi connectivity index (χ0v) is 15.4. The first-order valence-corrected chi connectivity index (χ1v) is 9.52. The van der Waals surface area contributed by atoms with Gasteiger partial charge < -0.3 is 18.5 Å². The van der Waals surface area contributed by atoms with Crippen LogP contribution in [0.2, 0.25) is 0 Å². The summed E-state index contributed by atoms with van der Waals surface area (Å²) < 4.78 is 37.9. The fraction of sp³-hybridized carbons (Fsp3) is 0.300. The van der Waals surface area contributed by atoms with Crippen molar-refractivity contribution in [1.29, 1.82) is 0 Å². The Kier molecular flexibility index (Phi) is 7.09. The van der Waals surface area contributed by atoms with Crippen molar-refractivity contribution in [3.8, 4) is 0 Å². The van der Waals surface area contributed by atoms with Crippen LogP contribution in [-0.4, -0.2) is 41.3 Å². The van der Waals surface area contributed by atoms with Gasteiger partial charge in [0.25, 0.3) is 10.9 Å². The first-order valence-electron chi connectivity index (χ1n) is 6.40. The van der Waals surface area contributed by atoms with Gasteiger partial charge in [-0.2, -0.15) is 5.10 Å². The highest BCUT2D eigenvalue weighted by molar-refractivity contribution is 7.98. The van der Waals surface area contributed by atoms with E-state index < -0.39 is 41.6 Å². The third-order valence-electron chi connectivity index (χ3n) is 2.89. The standard InChI is InChI=1S/C10H14N4O10P2/c1-22-25(19,20)10(26(21,23-2)24-3)12-11-8-5-4-7(13(15)16)6-9(8)14(17)18/h4-6,11H,1-3H3,(H,19,20)/b12-10-. The highest BCUT2D eigenvalue weighted by Gasteiger charge is 2.44. The van der Waals surface area contributed by atoms with E-state index in [1.165, 1.54) is 0 Å². The van der Waals surface area contributed by atoms with Crippen LogP contribution in [0, 0.1) is 20.2 Å². The minimum absolute atomic E-state index is 0.382. The second-order valence-corrected chi connectivity index (χ2v) is 8.64. The van der Waals surface area contributed by atoms with E-state index in [1.807, 2.05) is 0 Å². The lowest BCUT2D eigenvalue weighted by Gasteiger charge is -2.18. The maximum Gasteiger partial charge on any atom is 0.389 e.